The van der Waals surface area contributed by atoms with Crippen molar-refractivity contribution in [3.8, 4) is 11.5 Å². The van der Waals surface area contributed by atoms with Crippen molar-refractivity contribution >= 4 is 16.8 Å². The normalized spacial score (nSPS) is 17.9. The van der Waals surface area contributed by atoms with E-state index in [2.05, 4.69) is 27.8 Å². The van der Waals surface area contributed by atoms with Crippen LogP contribution in [0.4, 0.5) is 0 Å². The van der Waals surface area contributed by atoms with Crippen molar-refractivity contribution < 1.29 is 14.3 Å². The average Bonchev–Trinajstić information content (AvgIpc) is 3.29. The van der Waals surface area contributed by atoms with Crippen LogP contribution in [0.15, 0.2) is 42.5 Å². The van der Waals surface area contributed by atoms with Gasteiger partial charge in [-0.15, -0.1) is 0 Å². The maximum atomic E-state index is 12.6. The van der Waals surface area contributed by atoms with Crippen LogP contribution in [-0.2, 0) is 24.3 Å². The number of para-hydroxylation sites is 1. The number of hydrogen-bond donors (Lipinski definition) is 3. The van der Waals surface area contributed by atoms with Crippen molar-refractivity contribution in [1.82, 2.24) is 15.6 Å². The second-order valence-corrected chi connectivity index (χ2v) is 6.67. The first-order valence-electron chi connectivity index (χ1n) is 8.76. The molecule has 0 saturated heterocycles. The fourth-order valence-electron chi connectivity index (χ4n) is 3.69. The zero-order chi connectivity index (χ0) is 17.5. The molecule has 3 aromatic rings. The van der Waals surface area contributed by atoms with E-state index < -0.39 is 0 Å². The molecule has 6 heteroatoms. The minimum atomic E-state index is -0.226. The van der Waals surface area contributed by atoms with Crippen LogP contribution in [0.1, 0.15) is 16.8 Å². The highest BCUT2D eigenvalue weighted by molar-refractivity contribution is 5.88. The molecule has 0 bridgehead atoms. The van der Waals surface area contributed by atoms with Gasteiger partial charge >= 0.3 is 0 Å². The molecule has 2 aliphatic rings. The van der Waals surface area contributed by atoms with Gasteiger partial charge in [0.2, 0.25) is 12.7 Å². The van der Waals surface area contributed by atoms with Crippen LogP contribution in [0, 0.1) is 0 Å². The number of fused-ring (bicyclic) bond motifs is 4. The summed E-state index contributed by atoms with van der Waals surface area (Å²) < 4.78 is 10.7. The Balaban J connectivity index is 1.28. The second kappa shape index (κ2) is 6.07. The average molecular weight is 349 g/mol. The lowest BCUT2D eigenvalue weighted by Crippen LogP contribution is -2.47. The summed E-state index contributed by atoms with van der Waals surface area (Å²) >= 11 is 0. The van der Waals surface area contributed by atoms with Crippen molar-refractivity contribution in [3.05, 3.63) is 59.3 Å². The molecule has 26 heavy (non-hydrogen) atoms. The summed E-state index contributed by atoms with van der Waals surface area (Å²) in [5.41, 5.74) is 4.53. The highest BCUT2D eigenvalue weighted by Crippen LogP contribution is 2.32. The quantitative estimate of drug-likeness (QED) is 0.678. The van der Waals surface area contributed by atoms with Crippen molar-refractivity contribution in [3.63, 3.8) is 0 Å². The molecule has 1 aromatic heterocycles. The summed E-state index contributed by atoms with van der Waals surface area (Å²) in [7, 11) is 0. The summed E-state index contributed by atoms with van der Waals surface area (Å²) in [4.78, 5) is 16.1. The Morgan fingerprint density at radius 3 is 3.00 bits per heavy atom. The number of aromatic amines is 1. The minimum Gasteiger partial charge on any atom is -0.454 e. The lowest BCUT2D eigenvalue weighted by Gasteiger charge is -2.23. The molecule has 2 aliphatic heterocycles. The number of hydrogen-bond acceptors (Lipinski definition) is 4. The third kappa shape index (κ3) is 2.59. The SMILES string of the molecule is O=C(NCc1ccc2c(c1)OCO2)[C@@H]1Cc2c([nH]c3ccccc23)CN1. The van der Waals surface area contributed by atoms with Crippen LogP contribution < -0.4 is 20.1 Å². The van der Waals surface area contributed by atoms with Crippen LogP contribution in [0.3, 0.4) is 0 Å². The molecule has 2 aromatic carbocycles. The largest absolute Gasteiger partial charge is 0.454 e. The van der Waals surface area contributed by atoms with Gasteiger partial charge in [0.25, 0.3) is 0 Å². The molecule has 132 valence electrons. The third-order valence-electron chi connectivity index (χ3n) is 5.06. The number of H-pyrrole nitrogens is 1. The second-order valence-electron chi connectivity index (χ2n) is 6.67. The third-order valence-corrected chi connectivity index (χ3v) is 5.06. The van der Waals surface area contributed by atoms with Crippen LogP contribution in [0.25, 0.3) is 10.9 Å². The number of rotatable bonds is 3. The lowest BCUT2D eigenvalue weighted by atomic mass is 9.98. The van der Waals surface area contributed by atoms with E-state index >= 15 is 0 Å². The monoisotopic (exact) mass is 349 g/mol. The number of aromatic nitrogens is 1. The van der Waals surface area contributed by atoms with E-state index in [0.29, 0.717) is 19.5 Å². The predicted molar refractivity (Wildman–Crippen MR) is 97.0 cm³/mol. The molecule has 0 spiro atoms. The molecule has 0 aliphatic carbocycles. The van der Waals surface area contributed by atoms with E-state index in [9.17, 15) is 4.79 Å². The Morgan fingerprint density at radius 2 is 2.04 bits per heavy atom. The highest BCUT2D eigenvalue weighted by Gasteiger charge is 2.26. The van der Waals surface area contributed by atoms with Crippen LogP contribution in [0.2, 0.25) is 0 Å². The fourth-order valence-corrected chi connectivity index (χ4v) is 3.69. The van der Waals surface area contributed by atoms with Crippen molar-refractivity contribution in [1.29, 1.82) is 0 Å². The van der Waals surface area contributed by atoms with E-state index in [-0.39, 0.29) is 18.7 Å². The van der Waals surface area contributed by atoms with Crippen LogP contribution in [-0.4, -0.2) is 23.7 Å². The Kier molecular flexibility index (Phi) is 3.57. The summed E-state index contributed by atoms with van der Waals surface area (Å²) in [6, 6.07) is 13.7. The van der Waals surface area contributed by atoms with Gasteiger partial charge < -0.3 is 19.8 Å². The molecule has 1 atom stereocenters. The standard InChI is InChI=1S/C20H19N3O3/c24-20(22-9-12-5-6-18-19(7-12)26-11-25-18)16-8-14-13-3-1-2-4-15(13)23-17(14)10-21-16/h1-7,16,21,23H,8-11H2,(H,22,24)/t16-/m0/s1. The maximum absolute atomic E-state index is 12.6. The van der Waals surface area contributed by atoms with Gasteiger partial charge in [0.15, 0.2) is 11.5 Å². The highest BCUT2D eigenvalue weighted by atomic mass is 16.7. The Labute approximate surface area is 150 Å². The molecular weight excluding hydrogens is 330 g/mol. The minimum absolute atomic E-state index is 0.0126. The molecule has 3 heterocycles. The van der Waals surface area contributed by atoms with Gasteiger partial charge in [-0.05, 0) is 35.7 Å². The molecule has 5 rings (SSSR count). The number of carbonyl (C=O) groups is 1. The molecule has 1 amide bonds. The van der Waals surface area contributed by atoms with E-state index in [0.717, 1.165) is 22.6 Å². The van der Waals surface area contributed by atoms with E-state index in [1.165, 1.54) is 16.6 Å². The van der Waals surface area contributed by atoms with Crippen LogP contribution >= 0.6 is 0 Å². The number of benzene rings is 2. The van der Waals surface area contributed by atoms with Gasteiger partial charge in [0.05, 0.1) is 6.04 Å². The fraction of sp³-hybridized carbons (Fsp3) is 0.250. The molecule has 6 nitrogen and oxygen atoms in total. The van der Waals surface area contributed by atoms with Crippen molar-refractivity contribution in [2.75, 3.05) is 6.79 Å². The predicted octanol–water partition coefficient (Wildman–Crippen LogP) is 2.23. The molecular formula is C20H19N3O3. The number of ether oxygens (including phenoxy) is 2. The van der Waals surface area contributed by atoms with Gasteiger partial charge in [-0.2, -0.15) is 0 Å². The van der Waals surface area contributed by atoms with Gasteiger partial charge in [-0.3, -0.25) is 10.1 Å². The van der Waals surface area contributed by atoms with Crippen LogP contribution in [0.5, 0.6) is 11.5 Å². The van der Waals surface area contributed by atoms with E-state index in [1.54, 1.807) is 0 Å². The van der Waals surface area contributed by atoms with Gasteiger partial charge in [-0.1, -0.05) is 24.3 Å². The zero-order valence-electron chi connectivity index (χ0n) is 14.2. The first-order valence-corrected chi connectivity index (χ1v) is 8.76. The summed E-state index contributed by atoms with van der Waals surface area (Å²) in [5.74, 6) is 1.50. The first kappa shape index (κ1) is 15.3. The Morgan fingerprint density at radius 1 is 1.15 bits per heavy atom. The molecule has 0 radical (unpaired) electrons. The Bertz CT molecular complexity index is 995. The summed E-state index contributed by atoms with van der Waals surface area (Å²) in [6.45, 7) is 1.39. The lowest BCUT2D eigenvalue weighted by molar-refractivity contribution is -0.123. The molecule has 3 N–H and O–H groups in total. The molecule has 0 unspecified atom stereocenters. The number of amides is 1. The zero-order valence-corrected chi connectivity index (χ0v) is 14.2. The van der Waals surface area contributed by atoms with Gasteiger partial charge in [0.1, 0.15) is 0 Å². The summed E-state index contributed by atoms with van der Waals surface area (Å²) in [6.07, 6.45) is 0.687. The summed E-state index contributed by atoms with van der Waals surface area (Å²) in [5, 5.41) is 7.55. The molecule has 0 saturated carbocycles. The molecule has 0 fully saturated rings. The topological polar surface area (TPSA) is 75.4 Å². The van der Waals surface area contributed by atoms with Gasteiger partial charge in [-0.25, -0.2) is 0 Å². The van der Waals surface area contributed by atoms with E-state index in [4.69, 9.17) is 9.47 Å². The van der Waals surface area contributed by atoms with Crippen molar-refractivity contribution in [2.45, 2.75) is 25.6 Å². The van der Waals surface area contributed by atoms with Gasteiger partial charge in [0, 0.05) is 29.7 Å². The number of carbonyl (C=O) groups excluding carboxylic acids is 1. The number of nitrogens with one attached hydrogen (secondary N) is 3. The van der Waals surface area contributed by atoms with Crippen molar-refractivity contribution in [2.24, 2.45) is 0 Å². The Hall–Kier alpha value is -2.99. The van der Waals surface area contributed by atoms with E-state index in [1.807, 2.05) is 30.3 Å². The smallest absolute Gasteiger partial charge is 0.237 e. The maximum Gasteiger partial charge on any atom is 0.237 e. The first-order chi connectivity index (χ1) is 12.8.